The molecule has 3 aromatic rings. The van der Waals surface area contributed by atoms with Crippen LogP contribution in [0.2, 0.25) is 0 Å². The van der Waals surface area contributed by atoms with E-state index >= 15 is 0 Å². The van der Waals surface area contributed by atoms with Crippen LogP contribution in [0, 0.1) is 0 Å². The first-order valence-electron chi connectivity index (χ1n) is 13.8. The van der Waals surface area contributed by atoms with E-state index in [-0.39, 0.29) is 23.6 Å². The highest BCUT2D eigenvalue weighted by molar-refractivity contribution is 8.00. The zero-order chi connectivity index (χ0) is 29.4. The lowest BCUT2D eigenvalue weighted by atomic mass is 9.96. The number of ether oxygens (including phenoxy) is 1. The van der Waals surface area contributed by atoms with Gasteiger partial charge in [0, 0.05) is 15.5 Å². The lowest BCUT2D eigenvalue weighted by Crippen LogP contribution is -2.25. The van der Waals surface area contributed by atoms with Gasteiger partial charge in [0.2, 0.25) is 5.91 Å². The van der Waals surface area contributed by atoms with E-state index < -0.39 is 23.1 Å². The van der Waals surface area contributed by atoms with E-state index in [1.54, 1.807) is 37.3 Å². The van der Waals surface area contributed by atoms with Gasteiger partial charge in [0.05, 0.1) is 28.5 Å². The van der Waals surface area contributed by atoms with Crippen LogP contribution in [0.15, 0.2) is 53.4 Å². The number of amides is 2. The summed E-state index contributed by atoms with van der Waals surface area (Å²) in [4.78, 5) is 52.7. The van der Waals surface area contributed by atoms with Crippen molar-refractivity contribution in [2.45, 2.75) is 68.9 Å². The van der Waals surface area contributed by atoms with Crippen molar-refractivity contribution < 1.29 is 29.0 Å². The number of carbonyl (C=O) groups is 4. The molecule has 1 aromatic heterocycles. The van der Waals surface area contributed by atoms with E-state index in [2.05, 4.69) is 10.6 Å². The molecule has 1 atom stereocenters. The van der Waals surface area contributed by atoms with Gasteiger partial charge in [0.15, 0.2) is 0 Å². The maximum Gasteiger partial charge on any atom is 0.341 e. The van der Waals surface area contributed by atoms with E-state index in [1.807, 2.05) is 13.0 Å². The normalized spacial score (nSPS) is 13.7. The SMILES string of the molecule is CCOC(=O)c1c(NC(=O)C(CC)Sc2cccc(NC(=O)c3ccccc3C(=O)O)c2)sc2c1CCCCCC2. The number of hydrogen-bond donors (Lipinski definition) is 3. The molecule has 3 N–H and O–H groups in total. The van der Waals surface area contributed by atoms with Gasteiger partial charge in [-0.3, -0.25) is 9.59 Å². The predicted molar refractivity (Wildman–Crippen MR) is 163 cm³/mol. The first kappa shape index (κ1) is 30.3. The minimum absolute atomic E-state index is 0.0614. The van der Waals surface area contributed by atoms with Crippen LogP contribution in [0.1, 0.15) is 87.5 Å². The minimum Gasteiger partial charge on any atom is -0.478 e. The summed E-state index contributed by atoms with van der Waals surface area (Å²) in [7, 11) is 0. The Morgan fingerprint density at radius 1 is 0.951 bits per heavy atom. The minimum atomic E-state index is -1.18. The number of anilines is 2. The molecule has 4 rings (SSSR count). The van der Waals surface area contributed by atoms with Gasteiger partial charge in [0.25, 0.3) is 5.91 Å². The van der Waals surface area contributed by atoms with Crippen molar-refractivity contribution in [2.24, 2.45) is 0 Å². The van der Waals surface area contributed by atoms with Crippen molar-refractivity contribution in [3.8, 4) is 0 Å². The van der Waals surface area contributed by atoms with Crippen molar-refractivity contribution in [1.82, 2.24) is 0 Å². The topological polar surface area (TPSA) is 122 Å². The van der Waals surface area contributed by atoms with Crippen molar-refractivity contribution in [3.05, 3.63) is 75.7 Å². The van der Waals surface area contributed by atoms with Crippen LogP contribution in [-0.2, 0) is 22.4 Å². The van der Waals surface area contributed by atoms with Crippen molar-refractivity contribution >= 4 is 57.5 Å². The molecule has 0 bridgehead atoms. The third-order valence-corrected chi connectivity index (χ3v) is 9.39. The van der Waals surface area contributed by atoms with Crippen molar-refractivity contribution in [2.75, 3.05) is 17.2 Å². The van der Waals surface area contributed by atoms with Gasteiger partial charge >= 0.3 is 11.9 Å². The van der Waals surface area contributed by atoms with Crippen molar-refractivity contribution in [3.63, 3.8) is 0 Å². The molecule has 1 aliphatic carbocycles. The predicted octanol–water partition coefficient (Wildman–Crippen LogP) is 7.04. The van der Waals surface area contributed by atoms with Crippen LogP contribution < -0.4 is 10.6 Å². The van der Waals surface area contributed by atoms with Crippen LogP contribution in [-0.4, -0.2) is 40.7 Å². The molecule has 10 heteroatoms. The molecule has 0 saturated carbocycles. The van der Waals surface area contributed by atoms with Gasteiger partial charge in [-0.05, 0) is 74.9 Å². The van der Waals surface area contributed by atoms with Gasteiger partial charge < -0.3 is 20.5 Å². The molecule has 2 amide bonds. The number of thioether (sulfide) groups is 1. The standard InChI is InChI=1S/C31H34N2O6S2/c1-3-24(28(35)33-29-26(31(38)39-4-2)23-16-7-5-6-8-17-25(23)41-29)40-20-13-11-12-19(18-20)32-27(34)21-14-9-10-15-22(21)30(36)37/h9-15,18,24H,3-8,16-17H2,1-2H3,(H,32,34)(H,33,35)(H,36,37). The number of carboxylic acid groups (broad SMARTS) is 1. The number of hydrogen-bond acceptors (Lipinski definition) is 7. The molecule has 1 unspecified atom stereocenters. The molecule has 0 aliphatic heterocycles. The van der Waals surface area contributed by atoms with Gasteiger partial charge in [-0.1, -0.05) is 38.0 Å². The van der Waals surface area contributed by atoms with Crippen LogP contribution in [0.25, 0.3) is 0 Å². The molecule has 1 heterocycles. The molecule has 2 aromatic carbocycles. The molecule has 0 spiro atoms. The summed E-state index contributed by atoms with van der Waals surface area (Å²) < 4.78 is 5.37. The average molecular weight is 595 g/mol. The van der Waals surface area contributed by atoms with E-state index in [0.29, 0.717) is 22.7 Å². The number of carboxylic acids is 1. The molecule has 0 saturated heterocycles. The summed E-state index contributed by atoms with van der Waals surface area (Å²) in [5, 5.41) is 15.3. The zero-order valence-electron chi connectivity index (χ0n) is 23.2. The number of benzene rings is 2. The number of aromatic carboxylic acids is 1. The lowest BCUT2D eigenvalue weighted by molar-refractivity contribution is -0.115. The molecule has 216 valence electrons. The summed E-state index contributed by atoms with van der Waals surface area (Å²) in [5.41, 5.74) is 1.97. The number of thiophene rings is 1. The number of nitrogens with one attached hydrogen (secondary N) is 2. The van der Waals surface area contributed by atoms with Gasteiger partial charge in [-0.15, -0.1) is 23.1 Å². The molecule has 0 fully saturated rings. The lowest BCUT2D eigenvalue weighted by Gasteiger charge is -2.16. The highest BCUT2D eigenvalue weighted by Gasteiger charge is 2.28. The van der Waals surface area contributed by atoms with E-state index in [4.69, 9.17) is 4.74 Å². The monoisotopic (exact) mass is 594 g/mol. The molecule has 8 nitrogen and oxygen atoms in total. The van der Waals surface area contributed by atoms with Crippen LogP contribution in [0.5, 0.6) is 0 Å². The molecule has 1 aliphatic rings. The Morgan fingerprint density at radius 3 is 2.39 bits per heavy atom. The Balaban J connectivity index is 1.50. The largest absolute Gasteiger partial charge is 0.478 e. The fourth-order valence-electron chi connectivity index (χ4n) is 4.82. The quantitative estimate of drug-likeness (QED) is 0.170. The summed E-state index contributed by atoms with van der Waals surface area (Å²) in [5.74, 6) is -2.31. The van der Waals surface area contributed by atoms with E-state index in [0.717, 1.165) is 53.9 Å². The van der Waals surface area contributed by atoms with Gasteiger partial charge in [-0.25, -0.2) is 9.59 Å². The second-order valence-corrected chi connectivity index (χ2v) is 12.1. The summed E-state index contributed by atoms with van der Waals surface area (Å²) in [6.07, 6.45) is 6.59. The van der Waals surface area contributed by atoms with Gasteiger partial charge in [-0.2, -0.15) is 0 Å². The Hall–Kier alpha value is -3.63. The Morgan fingerprint density at radius 2 is 1.68 bits per heavy atom. The van der Waals surface area contributed by atoms with Crippen LogP contribution in [0.3, 0.4) is 0 Å². The van der Waals surface area contributed by atoms with E-state index in [1.165, 1.54) is 35.2 Å². The molecular weight excluding hydrogens is 560 g/mol. The van der Waals surface area contributed by atoms with Crippen LogP contribution in [0.4, 0.5) is 10.7 Å². The number of esters is 1. The molecular formula is C31H34N2O6S2. The number of fused-ring (bicyclic) bond motifs is 1. The number of carbonyl (C=O) groups excluding carboxylic acids is 3. The molecule has 0 radical (unpaired) electrons. The highest BCUT2D eigenvalue weighted by atomic mass is 32.2. The Labute approximate surface area is 247 Å². The Kier molecular flexibility index (Phi) is 10.6. The van der Waals surface area contributed by atoms with Gasteiger partial charge in [0.1, 0.15) is 5.00 Å². The van der Waals surface area contributed by atoms with Crippen molar-refractivity contribution in [1.29, 1.82) is 0 Å². The Bertz CT molecular complexity index is 1430. The summed E-state index contributed by atoms with van der Waals surface area (Å²) in [6, 6.07) is 13.1. The maximum atomic E-state index is 13.5. The summed E-state index contributed by atoms with van der Waals surface area (Å²) in [6.45, 7) is 3.96. The van der Waals surface area contributed by atoms with Crippen LogP contribution >= 0.6 is 23.1 Å². The number of aryl methyl sites for hydroxylation is 1. The smallest absolute Gasteiger partial charge is 0.341 e. The first-order chi connectivity index (χ1) is 19.8. The third kappa shape index (κ3) is 7.56. The third-order valence-electron chi connectivity index (χ3n) is 6.82. The second kappa shape index (κ2) is 14.3. The average Bonchev–Trinajstić information content (AvgIpc) is 3.27. The summed E-state index contributed by atoms with van der Waals surface area (Å²) >= 11 is 2.84. The first-order valence-corrected chi connectivity index (χ1v) is 15.5. The fourth-order valence-corrected chi connectivity index (χ4v) is 7.11. The second-order valence-electron chi connectivity index (χ2n) is 9.68. The number of rotatable bonds is 10. The fraction of sp³-hybridized carbons (Fsp3) is 0.355. The zero-order valence-corrected chi connectivity index (χ0v) is 24.8. The highest BCUT2D eigenvalue weighted by Crippen LogP contribution is 2.38. The maximum absolute atomic E-state index is 13.5. The van der Waals surface area contributed by atoms with E-state index in [9.17, 15) is 24.3 Å². The molecule has 41 heavy (non-hydrogen) atoms.